The lowest BCUT2D eigenvalue weighted by atomic mass is 10.0. The van der Waals surface area contributed by atoms with Gasteiger partial charge >= 0.3 is 5.63 Å². The lowest BCUT2D eigenvalue weighted by Gasteiger charge is -2.12. The fourth-order valence-electron chi connectivity index (χ4n) is 2.30. The molecule has 1 aromatic heterocycles. The smallest absolute Gasteiger partial charge is 0.336 e. The summed E-state index contributed by atoms with van der Waals surface area (Å²) in [5, 5.41) is 0.745. The number of unbranched alkanes of at least 4 members (excludes halogenated alkanes) is 1. The number of aryl methyl sites for hydroxylation is 2. The van der Waals surface area contributed by atoms with E-state index in [1.807, 2.05) is 13.0 Å². The van der Waals surface area contributed by atoms with Gasteiger partial charge in [-0.25, -0.2) is 4.79 Å². The normalized spacial score (nSPS) is 10.8. The van der Waals surface area contributed by atoms with E-state index in [0.717, 1.165) is 35.8 Å². The summed E-state index contributed by atoms with van der Waals surface area (Å²) < 4.78 is 10.7. The summed E-state index contributed by atoms with van der Waals surface area (Å²) in [4.78, 5) is 22.6. The zero-order chi connectivity index (χ0) is 15.4. The fraction of sp³-hybridized carbons (Fsp3) is 0.375. The zero-order valence-corrected chi connectivity index (χ0v) is 12.3. The van der Waals surface area contributed by atoms with Gasteiger partial charge in [-0.1, -0.05) is 13.3 Å². The molecular formula is C16H19NO4. The number of nitrogens with two attached hydrogens (primary N) is 1. The number of primary amides is 1. The Morgan fingerprint density at radius 2 is 2.10 bits per heavy atom. The molecule has 0 aliphatic heterocycles. The second-order valence-electron chi connectivity index (χ2n) is 5.09. The predicted molar refractivity (Wildman–Crippen MR) is 80.5 cm³/mol. The first-order valence-electron chi connectivity index (χ1n) is 6.99. The van der Waals surface area contributed by atoms with Gasteiger partial charge in [0.15, 0.2) is 6.61 Å². The summed E-state index contributed by atoms with van der Waals surface area (Å²) in [6.07, 6.45) is 2.74. The Balaban J connectivity index is 2.59. The quantitative estimate of drug-likeness (QED) is 0.827. The van der Waals surface area contributed by atoms with E-state index in [0.29, 0.717) is 11.3 Å². The zero-order valence-electron chi connectivity index (χ0n) is 12.3. The highest BCUT2D eigenvalue weighted by molar-refractivity contribution is 5.88. The highest BCUT2D eigenvalue weighted by Crippen LogP contribution is 2.30. The summed E-state index contributed by atoms with van der Waals surface area (Å²) in [5.41, 5.74) is 7.00. The number of fused-ring (bicyclic) bond motifs is 1. The maximum absolute atomic E-state index is 11.7. The van der Waals surface area contributed by atoms with E-state index >= 15 is 0 Å². The fourth-order valence-corrected chi connectivity index (χ4v) is 2.30. The van der Waals surface area contributed by atoms with E-state index in [2.05, 4.69) is 6.92 Å². The van der Waals surface area contributed by atoms with Gasteiger partial charge in [0, 0.05) is 6.07 Å². The van der Waals surface area contributed by atoms with Crippen LogP contribution in [0.5, 0.6) is 5.75 Å². The minimum atomic E-state index is -0.544. The van der Waals surface area contributed by atoms with Gasteiger partial charge in [-0.05, 0) is 43.0 Å². The van der Waals surface area contributed by atoms with Crippen LogP contribution in [0.15, 0.2) is 27.4 Å². The molecule has 0 bridgehead atoms. The van der Waals surface area contributed by atoms with Gasteiger partial charge in [-0.2, -0.15) is 0 Å². The highest BCUT2D eigenvalue weighted by Gasteiger charge is 2.13. The van der Waals surface area contributed by atoms with Crippen molar-refractivity contribution in [2.24, 2.45) is 5.73 Å². The van der Waals surface area contributed by atoms with Gasteiger partial charge in [0.1, 0.15) is 11.3 Å². The molecule has 0 spiro atoms. The highest BCUT2D eigenvalue weighted by atomic mass is 16.5. The Morgan fingerprint density at radius 1 is 1.33 bits per heavy atom. The molecule has 112 valence electrons. The molecule has 0 saturated heterocycles. The molecule has 1 heterocycles. The molecule has 0 unspecified atom stereocenters. The van der Waals surface area contributed by atoms with Crippen molar-refractivity contribution in [3.8, 4) is 5.75 Å². The van der Waals surface area contributed by atoms with Crippen molar-refractivity contribution in [3.05, 3.63) is 39.7 Å². The molecule has 0 atom stereocenters. The Kier molecular flexibility index (Phi) is 4.62. The maximum atomic E-state index is 11.7. The number of hydrogen-bond acceptors (Lipinski definition) is 4. The third kappa shape index (κ3) is 3.62. The second-order valence-corrected chi connectivity index (χ2v) is 5.09. The van der Waals surface area contributed by atoms with Gasteiger partial charge < -0.3 is 14.9 Å². The van der Waals surface area contributed by atoms with Crippen LogP contribution < -0.4 is 16.1 Å². The summed E-state index contributed by atoms with van der Waals surface area (Å²) in [7, 11) is 0. The van der Waals surface area contributed by atoms with E-state index < -0.39 is 5.91 Å². The van der Waals surface area contributed by atoms with E-state index in [9.17, 15) is 9.59 Å². The average molecular weight is 289 g/mol. The van der Waals surface area contributed by atoms with Gasteiger partial charge in [-0.15, -0.1) is 0 Å². The van der Waals surface area contributed by atoms with Crippen molar-refractivity contribution in [1.29, 1.82) is 0 Å². The number of benzene rings is 1. The third-order valence-corrected chi connectivity index (χ3v) is 3.20. The van der Waals surface area contributed by atoms with Crippen molar-refractivity contribution in [2.45, 2.75) is 33.1 Å². The number of rotatable bonds is 6. The lowest BCUT2D eigenvalue weighted by Crippen LogP contribution is -2.20. The number of carbonyl (C=O) groups is 1. The van der Waals surface area contributed by atoms with Crippen molar-refractivity contribution in [3.63, 3.8) is 0 Å². The van der Waals surface area contributed by atoms with Crippen LogP contribution in [0.3, 0.4) is 0 Å². The van der Waals surface area contributed by atoms with Gasteiger partial charge in [0.05, 0.1) is 5.39 Å². The van der Waals surface area contributed by atoms with Gasteiger partial charge in [0.2, 0.25) is 0 Å². The summed E-state index contributed by atoms with van der Waals surface area (Å²) >= 11 is 0. The van der Waals surface area contributed by atoms with E-state index in [1.165, 1.54) is 6.07 Å². The molecule has 0 radical (unpaired) electrons. The molecule has 21 heavy (non-hydrogen) atoms. The maximum Gasteiger partial charge on any atom is 0.336 e. The minimum Gasteiger partial charge on any atom is -0.483 e. The van der Waals surface area contributed by atoms with E-state index in [4.69, 9.17) is 14.9 Å². The minimum absolute atomic E-state index is 0.203. The van der Waals surface area contributed by atoms with Crippen LogP contribution in [0.2, 0.25) is 0 Å². The molecule has 2 aromatic rings. The number of carbonyl (C=O) groups excluding carboxylic acids is 1. The van der Waals surface area contributed by atoms with Crippen LogP contribution in [-0.4, -0.2) is 12.5 Å². The van der Waals surface area contributed by atoms with Crippen LogP contribution >= 0.6 is 0 Å². The van der Waals surface area contributed by atoms with Crippen molar-refractivity contribution >= 4 is 16.9 Å². The predicted octanol–water partition coefficient (Wildman–Crippen LogP) is 2.31. The monoisotopic (exact) mass is 289 g/mol. The Hall–Kier alpha value is -2.30. The van der Waals surface area contributed by atoms with Crippen LogP contribution in [-0.2, 0) is 11.2 Å². The third-order valence-electron chi connectivity index (χ3n) is 3.20. The molecule has 0 aliphatic carbocycles. The molecular weight excluding hydrogens is 270 g/mol. The topological polar surface area (TPSA) is 82.5 Å². The van der Waals surface area contributed by atoms with Crippen LogP contribution in [0.25, 0.3) is 11.0 Å². The molecule has 1 aromatic carbocycles. The van der Waals surface area contributed by atoms with Crippen molar-refractivity contribution in [1.82, 2.24) is 0 Å². The molecule has 0 saturated carbocycles. The van der Waals surface area contributed by atoms with Crippen LogP contribution in [0.1, 0.15) is 30.9 Å². The standard InChI is InChI=1S/C16H19NO4/c1-3-4-5-11-8-15(19)21-13-7-10(2)6-12(16(11)13)20-9-14(17)18/h6-8H,3-5,9H2,1-2H3,(H2,17,18). The number of ether oxygens (including phenoxy) is 1. The van der Waals surface area contributed by atoms with Gasteiger partial charge in [0.25, 0.3) is 5.91 Å². The van der Waals surface area contributed by atoms with E-state index in [1.54, 1.807) is 6.07 Å². The SMILES string of the molecule is CCCCc1cc(=O)oc2cc(C)cc(OCC(N)=O)c12. The van der Waals surface area contributed by atoms with Gasteiger partial charge in [-0.3, -0.25) is 4.79 Å². The van der Waals surface area contributed by atoms with E-state index in [-0.39, 0.29) is 12.2 Å². The second kappa shape index (κ2) is 6.43. The molecule has 2 rings (SSSR count). The molecule has 5 nitrogen and oxygen atoms in total. The molecule has 0 fully saturated rings. The Morgan fingerprint density at radius 3 is 2.76 bits per heavy atom. The summed E-state index contributed by atoms with van der Waals surface area (Å²) in [6.45, 7) is 3.75. The first kappa shape index (κ1) is 15.1. The van der Waals surface area contributed by atoms with Crippen LogP contribution in [0.4, 0.5) is 0 Å². The molecule has 2 N–H and O–H groups in total. The first-order chi connectivity index (χ1) is 10.0. The summed E-state index contributed by atoms with van der Waals surface area (Å²) in [5.74, 6) is -0.0178. The van der Waals surface area contributed by atoms with Crippen molar-refractivity contribution < 1.29 is 13.9 Å². The van der Waals surface area contributed by atoms with Crippen LogP contribution in [0, 0.1) is 6.92 Å². The number of amides is 1. The molecule has 0 aliphatic rings. The van der Waals surface area contributed by atoms with Crippen molar-refractivity contribution in [2.75, 3.05) is 6.61 Å². The number of hydrogen-bond donors (Lipinski definition) is 1. The lowest BCUT2D eigenvalue weighted by molar-refractivity contribution is -0.119. The Labute approximate surface area is 122 Å². The summed E-state index contributed by atoms with van der Waals surface area (Å²) in [6, 6.07) is 5.11. The molecule has 5 heteroatoms. The first-order valence-corrected chi connectivity index (χ1v) is 6.99. The largest absolute Gasteiger partial charge is 0.483 e. The average Bonchev–Trinajstić information content (AvgIpc) is 2.41. The molecule has 1 amide bonds. The Bertz CT molecular complexity index is 718.